The van der Waals surface area contributed by atoms with E-state index in [4.69, 9.17) is 9.47 Å². The number of aliphatic hydroxyl groups is 2. The summed E-state index contributed by atoms with van der Waals surface area (Å²) in [5.74, 6) is -0.792. The molecule has 6 nitrogen and oxygen atoms in total. The third kappa shape index (κ3) is 33.2. The van der Waals surface area contributed by atoms with Crippen molar-refractivity contribution in [3.63, 3.8) is 0 Å². The number of esters is 2. The first-order valence-corrected chi connectivity index (χ1v) is 18.8. The van der Waals surface area contributed by atoms with E-state index in [2.05, 4.69) is 38.2 Å². The third-order valence-corrected chi connectivity index (χ3v) is 7.98. The molecule has 0 saturated carbocycles. The van der Waals surface area contributed by atoms with Gasteiger partial charge in [0.05, 0.1) is 12.7 Å². The molecule has 0 aromatic rings. The summed E-state index contributed by atoms with van der Waals surface area (Å²) in [5.41, 5.74) is 0. The third-order valence-electron chi connectivity index (χ3n) is 7.98. The molecule has 2 atom stereocenters. The molecule has 0 bridgehead atoms. The quantitative estimate of drug-likeness (QED) is 0.0319. The molecule has 0 aliphatic carbocycles. The zero-order valence-corrected chi connectivity index (χ0v) is 29.7. The Bertz CT molecular complexity index is 800. The Morgan fingerprint density at radius 1 is 0.609 bits per heavy atom. The van der Waals surface area contributed by atoms with Crippen LogP contribution in [-0.4, -0.2) is 47.6 Å². The lowest BCUT2D eigenvalue weighted by molar-refractivity contribution is -0.161. The molecule has 0 aliphatic heterocycles. The van der Waals surface area contributed by atoms with Crippen LogP contribution in [0.4, 0.5) is 0 Å². The fourth-order valence-corrected chi connectivity index (χ4v) is 5.07. The minimum Gasteiger partial charge on any atom is -0.462 e. The van der Waals surface area contributed by atoms with Crippen molar-refractivity contribution in [2.75, 3.05) is 13.2 Å². The molecule has 0 unspecified atom stereocenters. The maximum atomic E-state index is 12.1. The maximum Gasteiger partial charge on any atom is 0.306 e. The minimum atomic E-state index is -0.862. The SMILES string of the molecule is CCCCC/C=C\C/C=C\C/C=C\C=C\[C@H](O)CCCC(=O)O[C@@H](CO)COC(=O)CCCCCCCCCCCCCCCC. The van der Waals surface area contributed by atoms with Crippen LogP contribution in [0.25, 0.3) is 0 Å². The highest BCUT2D eigenvalue weighted by Crippen LogP contribution is 2.14. The molecule has 266 valence electrons. The predicted octanol–water partition coefficient (Wildman–Crippen LogP) is 10.4. The molecule has 46 heavy (non-hydrogen) atoms. The van der Waals surface area contributed by atoms with Crippen LogP contribution in [0.1, 0.15) is 168 Å². The van der Waals surface area contributed by atoms with Crippen molar-refractivity contribution in [3.8, 4) is 0 Å². The summed E-state index contributed by atoms with van der Waals surface area (Å²) in [7, 11) is 0. The molecule has 0 heterocycles. The molecule has 0 rings (SSSR count). The smallest absolute Gasteiger partial charge is 0.306 e. The van der Waals surface area contributed by atoms with Crippen molar-refractivity contribution in [3.05, 3.63) is 48.6 Å². The Morgan fingerprint density at radius 3 is 1.74 bits per heavy atom. The van der Waals surface area contributed by atoms with E-state index in [1.54, 1.807) is 6.08 Å². The van der Waals surface area contributed by atoms with Gasteiger partial charge in [-0.2, -0.15) is 0 Å². The maximum absolute atomic E-state index is 12.1. The van der Waals surface area contributed by atoms with Crippen LogP contribution in [0.5, 0.6) is 0 Å². The van der Waals surface area contributed by atoms with Crippen LogP contribution < -0.4 is 0 Å². The topological polar surface area (TPSA) is 93.1 Å². The second-order valence-corrected chi connectivity index (χ2v) is 12.5. The molecule has 0 amide bonds. The highest BCUT2D eigenvalue weighted by molar-refractivity contribution is 5.70. The summed E-state index contributed by atoms with van der Waals surface area (Å²) in [4.78, 5) is 24.2. The number of hydrogen-bond acceptors (Lipinski definition) is 6. The van der Waals surface area contributed by atoms with Crippen LogP contribution in [0.2, 0.25) is 0 Å². The van der Waals surface area contributed by atoms with Crippen LogP contribution in [-0.2, 0) is 19.1 Å². The second-order valence-electron chi connectivity index (χ2n) is 12.5. The highest BCUT2D eigenvalue weighted by atomic mass is 16.6. The summed E-state index contributed by atoms with van der Waals surface area (Å²) in [5, 5.41) is 19.6. The normalized spacial score (nSPS) is 13.4. The molecule has 6 heteroatoms. The lowest BCUT2D eigenvalue weighted by Crippen LogP contribution is -2.28. The fraction of sp³-hybridized carbons (Fsp3) is 0.750. The molecular formula is C40H70O6. The average molecular weight is 647 g/mol. The Kier molecular flexibility index (Phi) is 34.0. The largest absolute Gasteiger partial charge is 0.462 e. The molecule has 0 radical (unpaired) electrons. The van der Waals surface area contributed by atoms with Crippen molar-refractivity contribution in [2.24, 2.45) is 0 Å². The second kappa shape index (κ2) is 35.7. The summed E-state index contributed by atoms with van der Waals surface area (Å²) >= 11 is 0. The number of allylic oxidation sites excluding steroid dienone is 7. The zero-order valence-electron chi connectivity index (χ0n) is 29.7. The van der Waals surface area contributed by atoms with Gasteiger partial charge < -0.3 is 19.7 Å². The zero-order chi connectivity index (χ0) is 33.8. The summed E-state index contributed by atoms with van der Waals surface area (Å²) < 4.78 is 10.5. The van der Waals surface area contributed by atoms with Gasteiger partial charge in [-0.05, 0) is 44.9 Å². The number of unbranched alkanes of at least 4 members (excludes halogenated alkanes) is 16. The fourth-order valence-electron chi connectivity index (χ4n) is 5.07. The van der Waals surface area contributed by atoms with Crippen molar-refractivity contribution in [1.29, 1.82) is 0 Å². The van der Waals surface area contributed by atoms with Gasteiger partial charge in [-0.15, -0.1) is 0 Å². The van der Waals surface area contributed by atoms with Crippen molar-refractivity contribution in [2.45, 2.75) is 180 Å². The first kappa shape index (κ1) is 43.8. The Labute approximate surface area is 282 Å². The molecular weight excluding hydrogens is 576 g/mol. The van der Waals surface area contributed by atoms with Gasteiger partial charge in [0.1, 0.15) is 6.61 Å². The summed E-state index contributed by atoms with van der Waals surface area (Å²) in [6.45, 7) is 3.94. The molecule has 0 aliphatic rings. The molecule has 0 spiro atoms. The van der Waals surface area contributed by atoms with Crippen molar-refractivity contribution in [1.82, 2.24) is 0 Å². The number of hydrogen-bond donors (Lipinski definition) is 2. The van der Waals surface area contributed by atoms with E-state index < -0.39 is 24.8 Å². The number of aliphatic hydroxyl groups excluding tert-OH is 2. The lowest BCUT2D eigenvalue weighted by Gasteiger charge is -2.16. The van der Waals surface area contributed by atoms with Gasteiger partial charge in [0.2, 0.25) is 0 Å². The van der Waals surface area contributed by atoms with Gasteiger partial charge in [-0.3, -0.25) is 9.59 Å². The van der Waals surface area contributed by atoms with Crippen molar-refractivity contribution < 1.29 is 29.3 Å². The molecule has 0 aromatic heterocycles. The van der Waals surface area contributed by atoms with Crippen LogP contribution in [0.3, 0.4) is 0 Å². The summed E-state index contributed by atoms with van der Waals surface area (Å²) in [6, 6.07) is 0. The van der Waals surface area contributed by atoms with E-state index in [0.29, 0.717) is 19.3 Å². The standard InChI is InChI=1S/C40H70O6/c1-3-5-7-9-11-13-15-17-19-21-23-25-27-29-33-39(43)45-36-38(35-41)46-40(44)34-30-32-37(42)31-28-26-24-22-20-18-16-14-12-10-8-6-4-2/h12,14,18,20,24,26,28,31,37-38,41-42H,3-11,13,15-17,19,21-23,25,27,29-30,32-36H2,1-2H3/b14-12-,20-18-,26-24-,31-28+/t37-,38-/m0/s1. The highest BCUT2D eigenvalue weighted by Gasteiger charge is 2.16. The van der Waals surface area contributed by atoms with Crippen LogP contribution in [0, 0.1) is 0 Å². The molecule has 0 saturated heterocycles. The van der Waals surface area contributed by atoms with Crippen molar-refractivity contribution >= 4 is 11.9 Å². The van der Waals surface area contributed by atoms with Gasteiger partial charge in [0.15, 0.2) is 6.10 Å². The number of rotatable bonds is 33. The number of carbonyl (C=O) groups is 2. The first-order valence-electron chi connectivity index (χ1n) is 18.8. The summed E-state index contributed by atoms with van der Waals surface area (Å²) in [6.07, 6.45) is 40.5. The molecule has 2 N–H and O–H groups in total. The molecule has 0 aromatic carbocycles. The van der Waals surface area contributed by atoms with E-state index in [9.17, 15) is 19.8 Å². The monoisotopic (exact) mass is 647 g/mol. The average Bonchev–Trinajstić information content (AvgIpc) is 3.05. The predicted molar refractivity (Wildman–Crippen MR) is 193 cm³/mol. The Balaban J connectivity index is 3.78. The van der Waals surface area contributed by atoms with E-state index in [0.717, 1.165) is 38.5 Å². The number of carbonyl (C=O) groups excluding carboxylic acids is 2. The van der Waals surface area contributed by atoms with Gasteiger partial charge in [-0.1, -0.05) is 159 Å². The van der Waals surface area contributed by atoms with Gasteiger partial charge >= 0.3 is 11.9 Å². The van der Waals surface area contributed by atoms with Crippen LogP contribution >= 0.6 is 0 Å². The van der Waals surface area contributed by atoms with Gasteiger partial charge in [0.25, 0.3) is 0 Å². The van der Waals surface area contributed by atoms with Gasteiger partial charge in [0, 0.05) is 12.8 Å². The van der Waals surface area contributed by atoms with Gasteiger partial charge in [-0.25, -0.2) is 0 Å². The number of ether oxygens (including phenoxy) is 2. The first-order chi connectivity index (χ1) is 22.5. The van der Waals surface area contributed by atoms with E-state index in [1.165, 1.54) is 89.9 Å². The molecule has 0 fully saturated rings. The van der Waals surface area contributed by atoms with E-state index in [-0.39, 0.29) is 19.0 Å². The van der Waals surface area contributed by atoms with E-state index in [1.807, 2.05) is 18.2 Å². The Hall–Kier alpha value is -2.18. The Morgan fingerprint density at radius 2 is 1.13 bits per heavy atom. The lowest BCUT2D eigenvalue weighted by atomic mass is 10.0. The van der Waals surface area contributed by atoms with E-state index >= 15 is 0 Å². The minimum absolute atomic E-state index is 0.127. The van der Waals surface area contributed by atoms with Crippen LogP contribution in [0.15, 0.2) is 48.6 Å².